The minimum absolute atomic E-state index is 0.167. The van der Waals surface area contributed by atoms with Crippen LogP contribution in [0.2, 0.25) is 0 Å². The van der Waals surface area contributed by atoms with Gasteiger partial charge in [-0.1, -0.05) is 34.1 Å². The Bertz CT molecular complexity index is 415. The molecule has 0 saturated heterocycles. The Labute approximate surface area is 109 Å². The zero-order valence-corrected chi connectivity index (χ0v) is 11.5. The molecule has 0 N–H and O–H groups in total. The number of ketones is 1. The minimum atomic E-state index is -0.714. The second-order valence-corrected chi connectivity index (χ2v) is 4.57. The summed E-state index contributed by atoms with van der Waals surface area (Å²) < 4.78 is 5.80. The molecule has 1 atom stereocenters. The zero-order chi connectivity index (χ0) is 12.8. The highest BCUT2D eigenvalue weighted by atomic mass is 79.9. The van der Waals surface area contributed by atoms with Crippen LogP contribution in [0.15, 0.2) is 28.7 Å². The number of benzene rings is 1. The van der Waals surface area contributed by atoms with E-state index in [-0.39, 0.29) is 5.78 Å². The molecule has 17 heavy (non-hydrogen) atoms. The Hall–Kier alpha value is -1.16. The average molecular weight is 299 g/mol. The summed E-state index contributed by atoms with van der Waals surface area (Å²) in [5, 5.41) is 0. The summed E-state index contributed by atoms with van der Waals surface area (Å²) in [6, 6.07) is 7.54. The van der Waals surface area contributed by atoms with Crippen LogP contribution in [0.3, 0.4) is 0 Å². The van der Waals surface area contributed by atoms with Crippen molar-refractivity contribution in [2.75, 3.05) is 6.61 Å². The molecular weight excluding hydrogens is 284 g/mol. The number of ether oxygens (including phenoxy) is 1. The number of hydrogen-bond donors (Lipinski definition) is 0. The third kappa shape index (κ3) is 3.97. The maximum absolute atomic E-state index is 11.6. The fourth-order valence-electron chi connectivity index (χ4n) is 1.52. The van der Waals surface area contributed by atoms with Crippen LogP contribution in [0.25, 0.3) is 0 Å². The fourth-order valence-corrected chi connectivity index (χ4v) is 1.97. The monoisotopic (exact) mass is 298 g/mol. The van der Waals surface area contributed by atoms with Crippen molar-refractivity contribution in [1.29, 1.82) is 0 Å². The standard InChI is InChI=1S/C13H15BrO3/c1-3-17-13(16)11(9(2)15)8-10-6-4-5-7-12(10)14/h4-7,11H,3,8H2,1-2H3. The minimum Gasteiger partial charge on any atom is -0.465 e. The van der Waals surface area contributed by atoms with Crippen molar-refractivity contribution in [1.82, 2.24) is 0 Å². The molecular formula is C13H15BrO3. The molecule has 0 fully saturated rings. The van der Waals surface area contributed by atoms with Gasteiger partial charge in [-0.2, -0.15) is 0 Å². The second kappa shape index (κ2) is 6.55. The van der Waals surface area contributed by atoms with Crippen LogP contribution >= 0.6 is 15.9 Å². The molecule has 1 unspecified atom stereocenters. The van der Waals surface area contributed by atoms with Crippen LogP contribution in [-0.2, 0) is 20.7 Å². The van der Waals surface area contributed by atoms with Gasteiger partial charge in [0.25, 0.3) is 0 Å². The molecule has 4 heteroatoms. The lowest BCUT2D eigenvalue weighted by molar-refractivity contribution is -0.151. The number of halogens is 1. The Morgan fingerprint density at radius 2 is 2.00 bits per heavy atom. The first-order valence-electron chi connectivity index (χ1n) is 5.46. The molecule has 92 valence electrons. The molecule has 0 amide bonds. The van der Waals surface area contributed by atoms with Gasteiger partial charge in [0.2, 0.25) is 0 Å². The van der Waals surface area contributed by atoms with Crippen LogP contribution in [-0.4, -0.2) is 18.4 Å². The first-order chi connectivity index (χ1) is 8.06. The van der Waals surface area contributed by atoms with Crippen molar-refractivity contribution in [3.05, 3.63) is 34.3 Å². The Morgan fingerprint density at radius 1 is 1.35 bits per heavy atom. The van der Waals surface area contributed by atoms with Crippen LogP contribution in [0.5, 0.6) is 0 Å². The Balaban J connectivity index is 2.84. The maximum atomic E-state index is 11.6. The molecule has 0 saturated carbocycles. The van der Waals surface area contributed by atoms with Gasteiger partial charge in [-0.3, -0.25) is 9.59 Å². The first-order valence-corrected chi connectivity index (χ1v) is 6.26. The summed E-state index contributed by atoms with van der Waals surface area (Å²) >= 11 is 3.40. The summed E-state index contributed by atoms with van der Waals surface area (Å²) in [4.78, 5) is 23.1. The van der Waals surface area contributed by atoms with Crippen molar-refractivity contribution in [2.24, 2.45) is 5.92 Å². The van der Waals surface area contributed by atoms with Gasteiger partial charge in [-0.15, -0.1) is 0 Å². The second-order valence-electron chi connectivity index (χ2n) is 3.71. The lowest BCUT2D eigenvalue weighted by Crippen LogP contribution is -2.26. The summed E-state index contributed by atoms with van der Waals surface area (Å²) in [6.45, 7) is 3.44. The molecule has 1 rings (SSSR count). The van der Waals surface area contributed by atoms with E-state index >= 15 is 0 Å². The van der Waals surface area contributed by atoms with Crippen LogP contribution in [0, 0.1) is 5.92 Å². The normalized spacial score (nSPS) is 11.9. The van der Waals surface area contributed by atoms with E-state index in [1.165, 1.54) is 6.92 Å². The van der Waals surface area contributed by atoms with E-state index in [9.17, 15) is 9.59 Å². The van der Waals surface area contributed by atoms with Gasteiger partial charge in [0, 0.05) is 4.47 Å². The van der Waals surface area contributed by atoms with Crippen molar-refractivity contribution >= 4 is 27.7 Å². The Morgan fingerprint density at radius 3 is 2.53 bits per heavy atom. The van der Waals surface area contributed by atoms with Gasteiger partial charge >= 0.3 is 5.97 Å². The third-order valence-corrected chi connectivity index (χ3v) is 3.22. The largest absolute Gasteiger partial charge is 0.465 e. The molecule has 0 aromatic heterocycles. The SMILES string of the molecule is CCOC(=O)C(Cc1ccccc1Br)C(C)=O. The van der Waals surface area contributed by atoms with Gasteiger partial charge in [-0.05, 0) is 31.9 Å². The predicted octanol–water partition coefficient (Wildman–Crippen LogP) is 2.76. The fraction of sp³-hybridized carbons (Fsp3) is 0.385. The van der Waals surface area contributed by atoms with Gasteiger partial charge in [0.15, 0.2) is 0 Å². The molecule has 3 nitrogen and oxygen atoms in total. The van der Waals surface area contributed by atoms with Crippen LogP contribution in [0.4, 0.5) is 0 Å². The number of esters is 1. The highest BCUT2D eigenvalue weighted by Crippen LogP contribution is 2.20. The van der Waals surface area contributed by atoms with Crippen molar-refractivity contribution < 1.29 is 14.3 Å². The molecule has 1 aromatic rings. The summed E-state index contributed by atoms with van der Waals surface area (Å²) in [5.41, 5.74) is 0.931. The summed E-state index contributed by atoms with van der Waals surface area (Å²) in [5.74, 6) is -1.33. The van der Waals surface area contributed by atoms with E-state index in [0.717, 1.165) is 10.0 Å². The smallest absolute Gasteiger partial charge is 0.316 e. The molecule has 0 heterocycles. The van der Waals surface area contributed by atoms with Crippen LogP contribution in [0.1, 0.15) is 19.4 Å². The molecule has 0 spiro atoms. The molecule has 0 aliphatic carbocycles. The number of carbonyl (C=O) groups excluding carboxylic acids is 2. The van der Waals surface area contributed by atoms with E-state index in [0.29, 0.717) is 13.0 Å². The van der Waals surface area contributed by atoms with Crippen LogP contribution < -0.4 is 0 Å². The number of Topliss-reactive ketones (excluding diaryl/α,β-unsaturated/α-hetero) is 1. The summed E-state index contributed by atoms with van der Waals surface area (Å²) in [6.07, 6.45) is 0.371. The quantitative estimate of drug-likeness (QED) is 0.620. The van der Waals surface area contributed by atoms with E-state index in [1.807, 2.05) is 24.3 Å². The van der Waals surface area contributed by atoms with Gasteiger partial charge in [0.1, 0.15) is 11.7 Å². The summed E-state index contributed by atoms with van der Waals surface area (Å²) in [7, 11) is 0. The van der Waals surface area contributed by atoms with Gasteiger partial charge in [0.05, 0.1) is 6.61 Å². The lowest BCUT2D eigenvalue weighted by atomic mass is 9.96. The number of carbonyl (C=O) groups is 2. The van der Waals surface area contributed by atoms with Crippen molar-refractivity contribution in [3.8, 4) is 0 Å². The lowest BCUT2D eigenvalue weighted by Gasteiger charge is -2.13. The number of rotatable bonds is 5. The van der Waals surface area contributed by atoms with E-state index in [4.69, 9.17) is 4.74 Å². The van der Waals surface area contributed by atoms with E-state index in [2.05, 4.69) is 15.9 Å². The molecule has 1 aromatic carbocycles. The highest BCUT2D eigenvalue weighted by molar-refractivity contribution is 9.10. The number of hydrogen-bond acceptors (Lipinski definition) is 3. The molecule has 0 bridgehead atoms. The van der Waals surface area contributed by atoms with E-state index < -0.39 is 11.9 Å². The van der Waals surface area contributed by atoms with Gasteiger partial charge < -0.3 is 4.74 Å². The average Bonchev–Trinajstić information content (AvgIpc) is 2.27. The van der Waals surface area contributed by atoms with Crippen molar-refractivity contribution in [2.45, 2.75) is 20.3 Å². The molecule has 0 aliphatic rings. The first kappa shape index (κ1) is 13.9. The maximum Gasteiger partial charge on any atom is 0.316 e. The zero-order valence-electron chi connectivity index (χ0n) is 9.90. The third-order valence-electron chi connectivity index (χ3n) is 2.44. The molecule has 0 aliphatic heterocycles. The van der Waals surface area contributed by atoms with Gasteiger partial charge in [-0.25, -0.2) is 0 Å². The topological polar surface area (TPSA) is 43.4 Å². The molecule has 0 radical (unpaired) electrons. The highest BCUT2D eigenvalue weighted by Gasteiger charge is 2.25. The van der Waals surface area contributed by atoms with E-state index in [1.54, 1.807) is 6.92 Å². The predicted molar refractivity (Wildman–Crippen MR) is 68.7 cm³/mol. The Kier molecular flexibility index (Phi) is 5.35. The van der Waals surface area contributed by atoms with Crippen molar-refractivity contribution in [3.63, 3.8) is 0 Å².